The minimum Gasteiger partial charge on any atom is -0.493 e. The number of thioether (sulfide) groups is 1. The number of rotatable bonds is 5. The summed E-state index contributed by atoms with van der Waals surface area (Å²) in [5.74, 6) is 0.796. The van der Waals surface area contributed by atoms with Gasteiger partial charge in [-0.15, -0.1) is 0 Å². The Morgan fingerprint density at radius 3 is 2.26 bits per heavy atom. The molecule has 0 fully saturated rings. The van der Waals surface area contributed by atoms with Gasteiger partial charge in [0.15, 0.2) is 17.3 Å². The highest BCUT2D eigenvalue weighted by Crippen LogP contribution is 2.39. The van der Waals surface area contributed by atoms with Crippen molar-refractivity contribution < 1.29 is 19.0 Å². The lowest BCUT2D eigenvalue weighted by Crippen LogP contribution is -2.35. The van der Waals surface area contributed by atoms with E-state index in [1.54, 1.807) is 18.2 Å². The van der Waals surface area contributed by atoms with E-state index in [-0.39, 0.29) is 11.4 Å². The average Bonchev–Trinajstić information content (AvgIpc) is 3.20. The first-order chi connectivity index (χ1) is 14.9. The maximum absolute atomic E-state index is 12.7. The van der Waals surface area contributed by atoms with E-state index in [9.17, 15) is 4.79 Å². The second-order valence-electron chi connectivity index (χ2n) is 6.75. The Morgan fingerprint density at radius 2 is 1.68 bits per heavy atom. The summed E-state index contributed by atoms with van der Waals surface area (Å²) < 4.78 is 16.1. The molecular weight excluding hydrogens is 416 g/mol. The number of carbonyl (C=O) groups excluding carboxylic acids is 1. The van der Waals surface area contributed by atoms with Crippen LogP contribution in [0.2, 0.25) is 0 Å². The largest absolute Gasteiger partial charge is 0.493 e. The van der Waals surface area contributed by atoms with E-state index in [0.29, 0.717) is 33.0 Å². The van der Waals surface area contributed by atoms with Crippen LogP contribution in [0.15, 0.2) is 52.1 Å². The van der Waals surface area contributed by atoms with E-state index in [1.807, 2.05) is 31.2 Å². The summed E-state index contributed by atoms with van der Waals surface area (Å²) in [5, 5.41) is 15.5. The lowest BCUT2D eigenvalue weighted by Gasteiger charge is -2.20. The third-order valence-electron chi connectivity index (χ3n) is 4.75. The molecule has 0 aliphatic carbocycles. The number of fused-ring (bicyclic) bond motifs is 1. The topological polar surface area (TPSA) is 96.6 Å². The first-order valence-electron chi connectivity index (χ1n) is 9.32. The van der Waals surface area contributed by atoms with Crippen LogP contribution in [0.3, 0.4) is 0 Å². The van der Waals surface area contributed by atoms with Crippen LogP contribution in [0, 0.1) is 12.3 Å². The summed E-state index contributed by atoms with van der Waals surface area (Å²) in [6, 6.07) is 11.3. The van der Waals surface area contributed by atoms with Crippen LogP contribution in [0.25, 0.3) is 6.08 Å². The van der Waals surface area contributed by atoms with Crippen molar-refractivity contribution in [2.45, 2.75) is 6.92 Å². The van der Waals surface area contributed by atoms with Crippen molar-refractivity contribution in [2.75, 3.05) is 21.3 Å². The van der Waals surface area contributed by atoms with Crippen molar-refractivity contribution in [3.63, 3.8) is 0 Å². The summed E-state index contributed by atoms with van der Waals surface area (Å²) >= 11 is 1.27. The minimum absolute atomic E-state index is 0.0432. The van der Waals surface area contributed by atoms with Crippen molar-refractivity contribution in [1.29, 1.82) is 5.41 Å². The number of aliphatic imine (C=N–C) groups is 1. The molecule has 0 atom stereocenters. The van der Waals surface area contributed by atoms with Crippen LogP contribution < -0.4 is 14.2 Å². The Labute approximate surface area is 183 Å². The summed E-state index contributed by atoms with van der Waals surface area (Å²) in [5.41, 5.74) is 2.77. The third-order valence-corrected chi connectivity index (χ3v) is 5.71. The first kappa shape index (κ1) is 20.7. The molecule has 158 valence electrons. The molecule has 0 saturated heterocycles. The number of benzene rings is 2. The van der Waals surface area contributed by atoms with E-state index >= 15 is 0 Å². The maximum atomic E-state index is 12.7. The van der Waals surface area contributed by atoms with E-state index in [4.69, 9.17) is 19.6 Å². The fourth-order valence-corrected chi connectivity index (χ4v) is 4.05. The molecule has 0 unspecified atom stereocenters. The highest BCUT2D eigenvalue weighted by Gasteiger charge is 2.36. The quantitative estimate of drug-likeness (QED) is 0.718. The fourth-order valence-electron chi connectivity index (χ4n) is 3.16. The van der Waals surface area contributed by atoms with Crippen molar-refractivity contribution in [1.82, 2.24) is 5.01 Å². The summed E-state index contributed by atoms with van der Waals surface area (Å²) in [7, 11) is 4.55. The van der Waals surface area contributed by atoms with E-state index in [1.165, 1.54) is 38.1 Å². The van der Waals surface area contributed by atoms with Gasteiger partial charge in [-0.05, 0) is 42.5 Å². The van der Waals surface area contributed by atoms with Gasteiger partial charge < -0.3 is 14.2 Å². The molecule has 0 spiro atoms. The van der Waals surface area contributed by atoms with Gasteiger partial charge in [-0.1, -0.05) is 29.8 Å². The van der Waals surface area contributed by atoms with Crippen molar-refractivity contribution in [2.24, 2.45) is 10.1 Å². The number of ether oxygens (including phenoxy) is 3. The van der Waals surface area contributed by atoms with E-state index in [2.05, 4.69) is 10.1 Å². The smallest absolute Gasteiger partial charge is 0.283 e. The van der Waals surface area contributed by atoms with Crippen LogP contribution in [-0.4, -0.2) is 48.3 Å². The zero-order valence-corrected chi connectivity index (χ0v) is 18.2. The molecule has 0 bridgehead atoms. The molecule has 1 amide bonds. The number of methoxy groups -OCH3 is 3. The number of aryl methyl sites for hydroxylation is 1. The van der Waals surface area contributed by atoms with Gasteiger partial charge >= 0.3 is 0 Å². The third kappa shape index (κ3) is 3.79. The summed E-state index contributed by atoms with van der Waals surface area (Å²) in [6.07, 6.45) is 1.57. The Balaban J connectivity index is 1.71. The Morgan fingerprint density at radius 1 is 1.03 bits per heavy atom. The predicted octanol–water partition coefficient (Wildman–Crippen LogP) is 3.69. The van der Waals surface area contributed by atoms with Gasteiger partial charge in [-0.2, -0.15) is 15.1 Å². The zero-order chi connectivity index (χ0) is 22.1. The van der Waals surface area contributed by atoms with Crippen LogP contribution in [0.4, 0.5) is 0 Å². The second kappa shape index (κ2) is 8.27. The number of hydrogen-bond donors (Lipinski definition) is 1. The van der Waals surface area contributed by atoms with Gasteiger partial charge in [-0.25, -0.2) is 0 Å². The van der Waals surface area contributed by atoms with Gasteiger partial charge in [0.2, 0.25) is 10.9 Å². The normalized spacial score (nSPS) is 16.8. The molecule has 0 aromatic heterocycles. The number of nitrogens with one attached hydrogen (secondary N) is 1. The number of nitrogens with zero attached hydrogens (tertiary/aromatic N) is 3. The Hall–Kier alpha value is -3.59. The van der Waals surface area contributed by atoms with Gasteiger partial charge in [0, 0.05) is 5.56 Å². The molecule has 1 N–H and O–H groups in total. The highest BCUT2D eigenvalue weighted by molar-refractivity contribution is 8.27. The monoisotopic (exact) mass is 436 g/mol. The van der Waals surface area contributed by atoms with Crippen LogP contribution in [-0.2, 0) is 4.79 Å². The van der Waals surface area contributed by atoms with E-state index < -0.39 is 5.91 Å². The van der Waals surface area contributed by atoms with E-state index in [0.717, 1.165) is 11.1 Å². The number of hydrogen-bond acceptors (Lipinski definition) is 7. The molecule has 31 heavy (non-hydrogen) atoms. The lowest BCUT2D eigenvalue weighted by molar-refractivity contribution is -0.114. The Bertz CT molecular complexity index is 1140. The fraction of sp³-hybridized carbons (Fsp3) is 0.182. The van der Waals surface area contributed by atoms with Crippen LogP contribution in [0.5, 0.6) is 17.2 Å². The predicted molar refractivity (Wildman–Crippen MR) is 121 cm³/mol. The standard InChI is InChI=1S/C22H20N4O4S/c1-12-5-7-14(8-6-12)21-25-26-19(23)15(20(27)24-22(26)31-21)9-13-10-16(28-2)18(30-4)17(11-13)29-3/h5-11,23H,1-4H3/b15-9-,23-19?. The van der Waals surface area contributed by atoms with Gasteiger partial charge in [0.25, 0.3) is 5.91 Å². The number of amidine groups is 2. The molecule has 0 saturated carbocycles. The average molecular weight is 436 g/mol. The minimum atomic E-state index is -0.502. The van der Waals surface area contributed by atoms with Crippen LogP contribution in [0.1, 0.15) is 16.7 Å². The van der Waals surface area contributed by atoms with Gasteiger partial charge in [-0.3, -0.25) is 10.2 Å². The highest BCUT2D eigenvalue weighted by atomic mass is 32.2. The molecule has 8 nitrogen and oxygen atoms in total. The molecule has 9 heteroatoms. The van der Waals surface area contributed by atoms with Gasteiger partial charge in [0.05, 0.1) is 26.9 Å². The molecule has 2 aromatic rings. The molecule has 0 radical (unpaired) electrons. The molecular formula is C22H20N4O4S. The summed E-state index contributed by atoms with van der Waals surface area (Å²) in [4.78, 5) is 16.8. The van der Waals surface area contributed by atoms with Crippen molar-refractivity contribution >= 4 is 39.8 Å². The molecule has 2 aliphatic rings. The molecule has 4 rings (SSSR count). The SMILES string of the molecule is COc1cc(/C=C2/C(=N)N3N=C(c4ccc(C)cc4)SC3=NC2=O)cc(OC)c1OC. The second-order valence-corrected chi connectivity index (χ2v) is 7.71. The zero-order valence-electron chi connectivity index (χ0n) is 17.4. The maximum Gasteiger partial charge on any atom is 0.283 e. The number of hydrazone groups is 1. The van der Waals surface area contributed by atoms with Gasteiger partial charge in [0.1, 0.15) is 5.04 Å². The number of carbonyl (C=O) groups is 1. The van der Waals surface area contributed by atoms with Crippen molar-refractivity contribution in [3.8, 4) is 17.2 Å². The Kier molecular flexibility index (Phi) is 5.51. The van der Waals surface area contributed by atoms with Crippen molar-refractivity contribution in [3.05, 3.63) is 58.7 Å². The molecule has 2 aliphatic heterocycles. The summed E-state index contributed by atoms with van der Waals surface area (Å²) in [6.45, 7) is 2.01. The lowest BCUT2D eigenvalue weighted by atomic mass is 10.1. The molecule has 2 heterocycles. The van der Waals surface area contributed by atoms with Crippen LogP contribution >= 0.6 is 11.8 Å². The molecule has 2 aromatic carbocycles. The first-order valence-corrected chi connectivity index (χ1v) is 10.1. The number of amides is 1.